The molecular formula is C44H26N4. The van der Waals surface area contributed by atoms with Crippen molar-refractivity contribution in [2.24, 2.45) is 0 Å². The van der Waals surface area contributed by atoms with Gasteiger partial charge in [0.1, 0.15) is 12.1 Å². The van der Waals surface area contributed by atoms with E-state index in [4.69, 9.17) is 0 Å². The van der Waals surface area contributed by atoms with E-state index in [1.165, 1.54) is 21.5 Å². The van der Waals surface area contributed by atoms with Gasteiger partial charge in [-0.1, -0.05) is 109 Å². The molecule has 0 saturated carbocycles. The third-order valence-corrected chi connectivity index (χ3v) is 9.43. The van der Waals surface area contributed by atoms with E-state index in [9.17, 15) is 10.5 Å². The van der Waals surface area contributed by atoms with Gasteiger partial charge in [-0.25, -0.2) is 0 Å². The van der Waals surface area contributed by atoms with Crippen molar-refractivity contribution >= 4 is 43.6 Å². The molecule has 0 fully saturated rings. The molecule has 0 bridgehead atoms. The number of nitriles is 2. The number of rotatable bonds is 4. The van der Waals surface area contributed by atoms with E-state index in [2.05, 4.69) is 161 Å². The van der Waals surface area contributed by atoms with Crippen LogP contribution in [0.15, 0.2) is 158 Å². The number of fused-ring (bicyclic) bond motifs is 6. The Hall–Kier alpha value is -6.88. The predicted molar refractivity (Wildman–Crippen MR) is 195 cm³/mol. The second-order valence-corrected chi connectivity index (χ2v) is 11.9. The number of benzene rings is 7. The lowest BCUT2D eigenvalue weighted by atomic mass is 9.90. The summed E-state index contributed by atoms with van der Waals surface area (Å²) < 4.78 is 4.69. The Morgan fingerprint density at radius 3 is 1.35 bits per heavy atom. The molecule has 0 aliphatic carbocycles. The van der Waals surface area contributed by atoms with E-state index >= 15 is 0 Å². The Morgan fingerprint density at radius 1 is 0.375 bits per heavy atom. The number of hydrogen-bond donors (Lipinski definition) is 0. The summed E-state index contributed by atoms with van der Waals surface area (Å²) in [4.78, 5) is 0. The molecule has 222 valence electrons. The predicted octanol–water partition coefficient (Wildman–Crippen LogP) is 11.0. The van der Waals surface area contributed by atoms with Crippen molar-refractivity contribution in [2.45, 2.75) is 0 Å². The molecule has 48 heavy (non-hydrogen) atoms. The molecule has 2 heterocycles. The average molecular weight is 611 g/mol. The molecule has 9 aromatic rings. The fourth-order valence-electron chi connectivity index (χ4n) is 7.40. The van der Waals surface area contributed by atoms with Crippen molar-refractivity contribution in [3.63, 3.8) is 0 Å². The first-order valence-corrected chi connectivity index (χ1v) is 15.9. The Balaban J connectivity index is 1.42. The Labute approximate surface area is 277 Å². The Kier molecular flexibility index (Phi) is 6.22. The van der Waals surface area contributed by atoms with Crippen LogP contribution in [0.5, 0.6) is 0 Å². The fraction of sp³-hybridized carbons (Fsp3) is 0. The van der Waals surface area contributed by atoms with E-state index in [0.29, 0.717) is 11.1 Å². The molecule has 0 N–H and O–H groups in total. The van der Waals surface area contributed by atoms with Crippen LogP contribution in [-0.2, 0) is 0 Å². The summed E-state index contributed by atoms with van der Waals surface area (Å²) in [6, 6.07) is 59.1. The highest BCUT2D eigenvalue weighted by Gasteiger charge is 2.22. The zero-order chi connectivity index (χ0) is 32.2. The van der Waals surface area contributed by atoms with Gasteiger partial charge in [-0.05, 0) is 59.7 Å². The number of nitrogens with zero attached hydrogens (tertiary/aromatic N) is 4. The maximum absolute atomic E-state index is 10.1. The first kappa shape index (κ1) is 27.4. The molecular weight excluding hydrogens is 585 g/mol. The number of aromatic nitrogens is 2. The molecule has 4 heteroatoms. The summed E-state index contributed by atoms with van der Waals surface area (Å²) in [6.07, 6.45) is 0. The van der Waals surface area contributed by atoms with Gasteiger partial charge in [-0.15, -0.1) is 0 Å². The minimum atomic E-state index is 0.355. The van der Waals surface area contributed by atoms with Crippen molar-refractivity contribution in [3.05, 3.63) is 169 Å². The molecule has 4 nitrogen and oxygen atoms in total. The lowest BCUT2D eigenvalue weighted by Crippen LogP contribution is -2.02. The van der Waals surface area contributed by atoms with Crippen LogP contribution in [-0.4, -0.2) is 9.13 Å². The van der Waals surface area contributed by atoms with Gasteiger partial charge in [0, 0.05) is 32.7 Å². The summed E-state index contributed by atoms with van der Waals surface area (Å²) in [6.45, 7) is 0. The molecule has 0 amide bonds. The van der Waals surface area contributed by atoms with E-state index in [1.807, 2.05) is 12.1 Å². The van der Waals surface area contributed by atoms with Crippen LogP contribution in [0.4, 0.5) is 0 Å². The zero-order valence-electron chi connectivity index (χ0n) is 25.8. The summed E-state index contributed by atoms with van der Waals surface area (Å²) in [7, 11) is 0. The SMILES string of the molecule is N#Cc1ccc(-c2c(-c3ccccc3-n3c4ccccc4c4ccccc43)cccc2-n2c3ccccc3c3ccccc32)cc1C#N. The lowest BCUT2D eigenvalue weighted by Gasteiger charge is -2.21. The zero-order valence-corrected chi connectivity index (χ0v) is 25.8. The van der Waals surface area contributed by atoms with E-state index < -0.39 is 0 Å². The van der Waals surface area contributed by atoms with Gasteiger partial charge < -0.3 is 9.13 Å². The molecule has 0 unspecified atom stereocenters. The van der Waals surface area contributed by atoms with Crippen LogP contribution in [0.3, 0.4) is 0 Å². The second kappa shape index (κ2) is 10.9. The minimum Gasteiger partial charge on any atom is -0.309 e. The third kappa shape index (κ3) is 4.01. The second-order valence-electron chi connectivity index (χ2n) is 11.9. The fourth-order valence-corrected chi connectivity index (χ4v) is 7.40. The van der Waals surface area contributed by atoms with Crippen LogP contribution < -0.4 is 0 Å². The first-order chi connectivity index (χ1) is 23.8. The maximum atomic E-state index is 10.1. The summed E-state index contributed by atoms with van der Waals surface area (Å²) in [5.41, 5.74) is 11.2. The molecule has 0 spiro atoms. The number of para-hydroxylation sites is 5. The van der Waals surface area contributed by atoms with Crippen molar-refractivity contribution in [1.29, 1.82) is 10.5 Å². The highest BCUT2D eigenvalue weighted by atomic mass is 15.0. The highest BCUT2D eigenvalue weighted by molar-refractivity contribution is 6.11. The van der Waals surface area contributed by atoms with E-state index in [-0.39, 0.29) is 0 Å². The highest BCUT2D eigenvalue weighted by Crippen LogP contribution is 2.44. The minimum absolute atomic E-state index is 0.355. The van der Waals surface area contributed by atoms with Crippen LogP contribution in [0.2, 0.25) is 0 Å². The Morgan fingerprint density at radius 2 is 0.812 bits per heavy atom. The van der Waals surface area contributed by atoms with Gasteiger partial charge in [0.25, 0.3) is 0 Å². The first-order valence-electron chi connectivity index (χ1n) is 15.9. The van der Waals surface area contributed by atoms with Gasteiger partial charge in [0.15, 0.2) is 0 Å². The lowest BCUT2D eigenvalue weighted by molar-refractivity contribution is 1.17. The molecule has 0 radical (unpaired) electrons. The molecule has 0 saturated heterocycles. The van der Waals surface area contributed by atoms with Crippen LogP contribution >= 0.6 is 0 Å². The summed E-state index contributed by atoms with van der Waals surface area (Å²) in [5.74, 6) is 0. The number of hydrogen-bond acceptors (Lipinski definition) is 2. The van der Waals surface area contributed by atoms with Crippen LogP contribution in [0, 0.1) is 22.7 Å². The summed E-state index contributed by atoms with van der Waals surface area (Å²) >= 11 is 0. The van der Waals surface area contributed by atoms with Crippen molar-refractivity contribution in [2.75, 3.05) is 0 Å². The van der Waals surface area contributed by atoms with Gasteiger partial charge in [-0.3, -0.25) is 0 Å². The molecule has 9 rings (SSSR count). The van der Waals surface area contributed by atoms with E-state index in [0.717, 1.165) is 55.7 Å². The molecule has 0 aliphatic heterocycles. The van der Waals surface area contributed by atoms with Gasteiger partial charge in [-0.2, -0.15) is 10.5 Å². The van der Waals surface area contributed by atoms with Gasteiger partial charge in [0.05, 0.1) is 44.6 Å². The largest absolute Gasteiger partial charge is 0.309 e. The maximum Gasteiger partial charge on any atom is 0.101 e. The van der Waals surface area contributed by atoms with Gasteiger partial charge in [0.2, 0.25) is 0 Å². The quantitative estimate of drug-likeness (QED) is 0.199. The normalized spacial score (nSPS) is 11.3. The smallest absolute Gasteiger partial charge is 0.101 e. The average Bonchev–Trinajstić information content (AvgIpc) is 3.67. The van der Waals surface area contributed by atoms with Crippen molar-refractivity contribution in [1.82, 2.24) is 9.13 Å². The monoisotopic (exact) mass is 610 g/mol. The summed E-state index contributed by atoms with van der Waals surface area (Å²) in [5, 5.41) is 24.6. The molecule has 0 atom stereocenters. The van der Waals surface area contributed by atoms with Crippen molar-refractivity contribution in [3.8, 4) is 45.8 Å². The molecule has 0 aliphatic rings. The molecule has 2 aromatic heterocycles. The topological polar surface area (TPSA) is 57.4 Å². The van der Waals surface area contributed by atoms with E-state index in [1.54, 1.807) is 6.07 Å². The van der Waals surface area contributed by atoms with Crippen LogP contribution in [0.25, 0.3) is 77.2 Å². The molecule has 7 aromatic carbocycles. The standard InChI is InChI=1S/C44H26N4/c45-27-30-25-24-29(26-31(30)28-46)44-37(17-11-23-43(44)48-40-20-8-3-14-34(40)35-15-4-9-21-41(35)48)36-16-5-10-22-42(36)47-38-18-6-1-12-32(38)33-13-2-7-19-39(33)47/h1-26H. The van der Waals surface area contributed by atoms with Crippen LogP contribution in [0.1, 0.15) is 11.1 Å². The third-order valence-electron chi connectivity index (χ3n) is 9.43. The van der Waals surface area contributed by atoms with Gasteiger partial charge >= 0.3 is 0 Å². The Bertz CT molecular complexity index is 2710. The van der Waals surface area contributed by atoms with Crippen molar-refractivity contribution < 1.29 is 0 Å².